The number of hydrogen-bond acceptors (Lipinski definition) is 12. The molecule has 0 saturated carbocycles. The molecule has 3 aliphatic rings. The number of fused-ring (bicyclic) bond motifs is 5. The van der Waals surface area contributed by atoms with Crippen LogP contribution in [0.1, 0.15) is 69.6 Å². The van der Waals surface area contributed by atoms with Gasteiger partial charge < -0.3 is 24.2 Å². The Morgan fingerprint density at radius 1 is 1.02 bits per heavy atom. The number of carbonyl (C=O) groups is 2. The van der Waals surface area contributed by atoms with Crippen molar-refractivity contribution in [3.63, 3.8) is 0 Å². The number of amides is 1. The maximum atomic E-state index is 16.4. The summed E-state index contributed by atoms with van der Waals surface area (Å²) < 4.78 is 69.1. The van der Waals surface area contributed by atoms with Crippen LogP contribution in [0.5, 0.6) is 0 Å². The molecule has 4 aromatic rings. The summed E-state index contributed by atoms with van der Waals surface area (Å²) in [5.74, 6) is -3.42. The summed E-state index contributed by atoms with van der Waals surface area (Å²) in [6, 6.07) is 2.50. The number of hydrogen-bond donors (Lipinski definition) is 1. The minimum atomic E-state index is -4.24. The number of benzene rings is 1. The summed E-state index contributed by atoms with van der Waals surface area (Å²) in [5.41, 5.74) is -0.227. The Morgan fingerprint density at radius 3 is 2.36 bits per heavy atom. The number of carboxylic acid groups (broad SMARTS) is 1. The molecule has 2 fully saturated rings. The highest BCUT2D eigenvalue weighted by molar-refractivity contribution is 7.48. The van der Waals surface area contributed by atoms with Crippen molar-refractivity contribution in [3.8, 4) is 22.3 Å². The number of likely N-dealkylation sites (N-methyl/N-ethyl adjacent to an activating group) is 1. The van der Waals surface area contributed by atoms with Crippen LogP contribution in [-0.4, -0.2) is 94.4 Å². The zero-order valence-corrected chi connectivity index (χ0v) is 34.8. The Kier molecular flexibility index (Phi) is 10.5. The third-order valence-electron chi connectivity index (χ3n) is 10.4. The standard InChI is InChI=1S/C40H47F2N6O9P/c1-39(2,3)56-58(53,57-40(4,5)6)55-20-54-38(52)47(9)29-14-27(41)33(42)31-23(29)13-28-32(31)34(48-11-10-21-17-45(7)19-30(21)48)25(16-43-28)22-12-24-35(49)26(37(50)51)18-46(8)36(24)44-15-22/h12,14-16,18,21,30H,10-11,13,17,19-20H2,1-9H3,(H,50,51)/t21-,30+/m1/s1. The molecule has 58 heavy (non-hydrogen) atoms. The van der Waals surface area contributed by atoms with Gasteiger partial charge in [0.15, 0.2) is 11.6 Å². The van der Waals surface area contributed by atoms with Crippen molar-refractivity contribution in [2.75, 3.05) is 50.3 Å². The third-order valence-corrected chi connectivity index (χ3v) is 12.4. The number of carbonyl (C=O) groups excluding carboxylic acids is 1. The van der Waals surface area contributed by atoms with Crippen LogP contribution in [0.4, 0.5) is 25.0 Å². The van der Waals surface area contributed by atoms with Crippen molar-refractivity contribution < 1.29 is 46.3 Å². The van der Waals surface area contributed by atoms with Crippen molar-refractivity contribution in [3.05, 3.63) is 69.4 Å². The minimum absolute atomic E-state index is 0.0152. The second kappa shape index (κ2) is 14.8. The highest BCUT2D eigenvalue weighted by Gasteiger charge is 2.44. The topological polar surface area (TPSA) is 166 Å². The number of rotatable bonds is 9. The monoisotopic (exact) mass is 824 g/mol. The fraction of sp³-hybridized carbons (Fsp3) is 0.475. The highest BCUT2D eigenvalue weighted by atomic mass is 31.2. The Balaban J connectivity index is 1.31. The van der Waals surface area contributed by atoms with Gasteiger partial charge in [-0.2, -0.15) is 0 Å². The van der Waals surface area contributed by atoms with Gasteiger partial charge in [-0.05, 0) is 72.6 Å². The molecule has 2 atom stereocenters. The summed E-state index contributed by atoms with van der Waals surface area (Å²) in [7, 11) is 0.716. The fourth-order valence-electron chi connectivity index (χ4n) is 8.20. The molecule has 310 valence electrons. The van der Waals surface area contributed by atoms with E-state index in [0.29, 0.717) is 47.1 Å². The smallest absolute Gasteiger partial charge is 0.477 e. The highest BCUT2D eigenvalue weighted by Crippen LogP contribution is 2.56. The zero-order chi connectivity index (χ0) is 42.2. The molecule has 0 radical (unpaired) electrons. The van der Waals surface area contributed by atoms with E-state index in [1.54, 1.807) is 67.1 Å². The minimum Gasteiger partial charge on any atom is -0.477 e. The molecular formula is C40H47F2N6O9P. The van der Waals surface area contributed by atoms with E-state index in [1.165, 1.54) is 17.8 Å². The number of phosphoric ester groups is 1. The van der Waals surface area contributed by atoms with Crippen molar-refractivity contribution in [1.29, 1.82) is 0 Å². The molecule has 1 amide bonds. The first-order chi connectivity index (χ1) is 27.1. The molecule has 18 heteroatoms. The quantitative estimate of drug-likeness (QED) is 0.120. The maximum Gasteiger partial charge on any atom is 0.478 e. The number of aromatic nitrogens is 3. The molecule has 5 heterocycles. The van der Waals surface area contributed by atoms with Gasteiger partial charge in [0.2, 0.25) is 12.2 Å². The third kappa shape index (κ3) is 7.73. The van der Waals surface area contributed by atoms with Gasteiger partial charge in [0.05, 0.1) is 33.7 Å². The Labute approximate surface area is 334 Å². The van der Waals surface area contributed by atoms with Crippen LogP contribution in [0, 0.1) is 17.6 Å². The Hall–Kier alpha value is -4.80. The van der Waals surface area contributed by atoms with Crippen molar-refractivity contribution in [1.82, 2.24) is 19.4 Å². The van der Waals surface area contributed by atoms with E-state index >= 15 is 8.78 Å². The van der Waals surface area contributed by atoms with E-state index < -0.39 is 60.5 Å². The summed E-state index contributed by atoms with van der Waals surface area (Å²) in [5, 5.41) is 9.81. The van der Waals surface area contributed by atoms with Gasteiger partial charge in [-0.25, -0.2) is 32.4 Å². The fourth-order valence-corrected chi connectivity index (χ4v) is 9.86. The van der Waals surface area contributed by atoms with E-state index in [2.05, 4.69) is 14.8 Å². The second-order valence-corrected chi connectivity index (χ2v) is 18.6. The van der Waals surface area contributed by atoms with Gasteiger partial charge in [0.1, 0.15) is 11.2 Å². The van der Waals surface area contributed by atoms with Crippen LogP contribution >= 0.6 is 7.82 Å². The first-order valence-electron chi connectivity index (χ1n) is 18.8. The van der Waals surface area contributed by atoms with Crippen molar-refractivity contribution in [2.24, 2.45) is 13.0 Å². The molecule has 2 aliphatic heterocycles. The molecule has 1 aliphatic carbocycles. The first kappa shape index (κ1) is 41.4. The van der Waals surface area contributed by atoms with Crippen LogP contribution < -0.4 is 15.2 Å². The van der Waals surface area contributed by atoms with Crippen LogP contribution in [0.2, 0.25) is 0 Å². The molecule has 2 saturated heterocycles. The van der Waals surface area contributed by atoms with Crippen molar-refractivity contribution in [2.45, 2.75) is 71.6 Å². The van der Waals surface area contributed by atoms with E-state index in [9.17, 15) is 24.1 Å². The first-order valence-corrected chi connectivity index (χ1v) is 20.3. The van der Waals surface area contributed by atoms with Gasteiger partial charge in [-0.3, -0.25) is 23.7 Å². The average Bonchev–Trinajstić information content (AvgIpc) is 3.81. The average molecular weight is 825 g/mol. The van der Waals surface area contributed by atoms with Crippen LogP contribution in [0.25, 0.3) is 33.3 Å². The Morgan fingerprint density at radius 2 is 1.71 bits per heavy atom. The lowest BCUT2D eigenvalue weighted by Gasteiger charge is -2.31. The van der Waals surface area contributed by atoms with Gasteiger partial charge in [-0.1, -0.05) is 0 Å². The van der Waals surface area contributed by atoms with Crippen LogP contribution in [-0.2, 0) is 36.3 Å². The molecule has 0 bridgehead atoms. The molecule has 0 spiro atoms. The second-order valence-electron chi connectivity index (χ2n) is 17.0. The number of halogens is 2. The predicted molar refractivity (Wildman–Crippen MR) is 212 cm³/mol. The lowest BCUT2D eigenvalue weighted by atomic mass is 9.96. The molecule has 7 rings (SSSR count). The van der Waals surface area contributed by atoms with E-state index in [1.807, 2.05) is 7.05 Å². The van der Waals surface area contributed by atoms with E-state index in [0.717, 1.165) is 23.9 Å². The van der Waals surface area contributed by atoms with Gasteiger partial charge in [0.25, 0.3) is 0 Å². The van der Waals surface area contributed by atoms with Gasteiger partial charge in [0, 0.05) is 93.1 Å². The number of carboxylic acids is 1. The largest absolute Gasteiger partial charge is 0.478 e. The molecular weight excluding hydrogens is 777 g/mol. The maximum absolute atomic E-state index is 16.4. The van der Waals surface area contributed by atoms with E-state index in [4.69, 9.17) is 23.3 Å². The van der Waals surface area contributed by atoms with E-state index in [-0.39, 0.29) is 40.3 Å². The lowest BCUT2D eigenvalue weighted by Crippen LogP contribution is -2.35. The molecule has 1 N–H and O–H groups in total. The number of phosphoric acid groups is 1. The Bertz CT molecular complexity index is 2440. The summed E-state index contributed by atoms with van der Waals surface area (Å²) >= 11 is 0. The van der Waals surface area contributed by atoms with Crippen LogP contribution in [0.3, 0.4) is 0 Å². The number of aromatic carboxylic acids is 1. The van der Waals surface area contributed by atoms with Gasteiger partial charge in [-0.15, -0.1) is 0 Å². The number of pyridine rings is 3. The summed E-state index contributed by atoms with van der Waals surface area (Å²) in [4.78, 5) is 53.6. The number of anilines is 2. The molecule has 1 aromatic carbocycles. The van der Waals surface area contributed by atoms with Crippen LogP contribution in [0.15, 0.2) is 35.5 Å². The normalized spacial score (nSPS) is 18.1. The molecule has 3 aromatic heterocycles. The van der Waals surface area contributed by atoms with Gasteiger partial charge >= 0.3 is 19.9 Å². The predicted octanol–water partition coefficient (Wildman–Crippen LogP) is 6.97. The zero-order valence-electron chi connectivity index (χ0n) is 33.9. The summed E-state index contributed by atoms with van der Waals surface area (Å²) in [6.45, 7) is 11.3. The number of likely N-dealkylation sites (tertiary alicyclic amines) is 1. The van der Waals surface area contributed by atoms with Crippen molar-refractivity contribution >= 4 is 42.3 Å². The number of nitrogens with zero attached hydrogens (tertiary/aromatic N) is 6. The SMILES string of the molecule is CN1C[C@H]2CCN(c3c(-c4cnc5c(c4)c(=O)c(C(=O)O)cn5C)cnc4c3-c3c(F)c(F)cc(N(C)C(=O)OCOP(=O)(OC(C)(C)C)OC(C)(C)C)c3C4)[C@H]2C1. The molecule has 15 nitrogen and oxygen atoms in total. The summed E-state index contributed by atoms with van der Waals surface area (Å²) in [6.07, 6.45) is 4.25. The lowest BCUT2D eigenvalue weighted by molar-refractivity contribution is -0.0275. The molecule has 0 unspecified atom stereocenters. The number of ether oxygens (including phenoxy) is 1. The number of aryl methyl sites for hydroxylation is 1.